The number of rotatable bonds is 5. The number of para-hydroxylation sites is 2. The number of nitrogens with zero attached hydrogens (tertiary/aromatic N) is 5. The van der Waals surface area contributed by atoms with Gasteiger partial charge in [-0.2, -0.15) is 0 Å². The van der Waals surface area contributed by atoms with E-state index in [4.69, 9.17) is 15.0 Å². The van der Waals surface area contributed by atoms with E-state index in [1.165, 1.54) is 65.2 Å². The predicted molar refractivity (Wildman–Crippen MR) is 248 cm³/mol. The maximum Gasteiger partial charge on any atom is 0.164 e. The summed E-state index contributed by atoms with van der Waals surface area (Å²) in [6, 6.07) is 71.4. The molecule has 0 radical (unpaired) electrons. The largest absolute Gasteiger partial charge is 0.309 e. The molecule has 0 bridgehead atoms. The highest BCUT2D eigenvalue weighted by atomic mass is 15.0. The highest BCUT2D eigenvalue weighted by Gasteiger charge is 2.22. The average molecular weight is 764 g/mol. The van der Waals surface area contributed by atoms with Crippen LogP contribution in [0.25, 0.3) is 122 Å². The minimum Gasteiger partial charge on any atom is -0.309 e. The number of hydrogen-bond acceptors (Lipinski definition) is 3. The standard InChI is InChI=1S/C55H33N5/c1-3-13-34(14-4-1)35-25-27-38(28-26-35)54-56-53(37-16-5-2-6-17-37)57-55(58-54)39-18-11-19-40(31-39)59-48-30-29-36-15-7-8-20-41(36)51(48)46-32-45-44-23-12-22-43-42-21-9-10-24-47(42)60(52(43)44)49(45)33-50(46)59/h1-33H. The molecule has 13 rings (SSSR count). The van der Waals surface area contributed by atoms with Crippen LogP contribution in [0.5, 0.6) is 0 Å². The van der Waals surface area contributed by atoms with E-state index in [9.17, 15) is 0 Å². The van der Waals surface area contributed by atoms with Gasteiger partial charge < -0.3 is 8.97 Å². The summed E-state index contributed by atoms with van der Waals surface area (Å²) in [4.78, 5) is 15.3. The second-order valence-corrected chi connectivity index (χ2v) is 15.6. The molecule has 4 aromatic heterocycles. The highest BCUT2D eigenvalue weighted by Crippen LogP contribution is 2.44. The van der Waals surface area contributed by atoms with E-state index in [0.29, 0.717) is 17.5 Å². The number of hydrogen-bond donors (Lipinski definition) is 0. The zero-order valence-corrected chi connectivity index (χ0v) is 32.3. The first kappa shape index (κ1) is 32.9. The molecular weight excluding hydrogens is 731 g/mol. The summed E-state index contributed by atoms with van der Waals surface area (Å²) in [6.07, 6.45) is 0. The maximum atomic E-state index is 5.17. The van der Waals surface area contributed by atoms with Gasteiger partial charge in [0.1, 0.15) is 0 Å². The van der Waals surface area contributed by atoms with E-state index in [1.807, 2.05) is 24.3 Å². The third-order valence-corrected chi connectivity index (χ3v) is 12.3. The Hall–Kier alpha value is -8.15. The van der Waals surface area contributed by atoms with Crippen molar-refractivity contribution in [3.63, 3.8) is 0 Å². The summed E-state index contributed by atoms with van der Waals surface area (Å²) in [5, 5.41) is 10.0. The van der Waals surface area contributed by atoms with Crippen molar-refractivity contribution in [3.05, 3.63) is 200 Å². The molecule has 0 saturated heterocycles. The number of fused-ring (bicyclic) bond motifs is 11. The van der Waals surface area contributed by atoms with Gasteiger partial charge in [-0.15, -0.1) is 0 Å². The molecule has 0 unspecified atom stereocenters. The van der Waals surface area contributed by atoms with E-state index < -0.39 is 0 Å². The van der Waals surface area contributed by atoms with E-state index >= 15 is 0 Å². The van der Waals surface area contributed by atoms with Crippen molar-refractivity contribution in [1.82, 2.24) is 23.9 Å². The van der Waals surface area contributed by atoms with E-state index in [1.54, 1.807) is 0 Å². The van der Waals surface area contributed by atoms with Gasteiger partial charge in [-0.3, -0.25) is 0 Å². The molecule has 4 heterocycles. The highest BCUT2D eigenvalue weighted by molar-refractivity contribution is 6.28. The van der Waals surface area contributed by atoms with Gasteiger partial charge in [0.2, 0.25) is 0 Å². The van der Waals surface area contributed by atoms with Crippen molar-refractivity contribution in [3.8, 4) is 51.0 Å². The second-order valence-electron chi connectivity index (χ2n) is 15.6. The summed E-state index contributed by atoms with van der Waals surface area (Å²) in [5.41, 5.74) is 12.1. The Bertz CT molecular complexity index is 3810. The van der Waals surface area contributed by atoms with Crippen molar-refractivity contribution in [2.45, 2.75) is 0 Å². The third kappa shape index (κ3) is 4.84. The van der Waals surface area contributed by atoms with E-state index in [2.05, 4.69) is 185 Å². The summed E-state index contributed by atoms with van der Waals surface area (Å²) in [7, 11) is 0. The molecule has 5 nitrogen and oxygen atoms in total. The van der Waals surface area contributed by atoms with Crippen LogP contribution < -0.4 is 0 Å². The van der Waals surface area contributed by atoms with Gasteiger partial charge in [0.25, 0.3) is 0 Å². The molecule has 278 valence electrons. The molecule has 13 aromatic rings. The lowest BCUT2D eigenvalue weighted by Gasteiger charge is -2.12. The molecule has 9 aromatic carbocycles. The van der Waals surface area contributed by atoms with Crippen LogP contribution >= 0.6 is 0 Å². The summed E-state index contributed by atoms with van der Waals surface area (Å²) >= 11 is 0. The molecule has 0 aliphatic rings. The average Bonchev–Trinajstić information content (AvgIpc) is 3.96. The van der Waals surface area contributed by atoms with Gasteiger partial charge in [-0.05, 0) is 58.3 Å². The quantitative estimate of drug-likeness (QED) is 0.175. The zero-order chi connectivity index (χ0) is 39.3. The topological polar surface area (TPSA) is 48.0 Å². The molecular formula is C55H33N5. The Labute approximate surface area is 344 Å². The lowest BCUT2D eigenvalue weighted by molar-refractivity contribution is 1.07. The number of benzene rings is 9. The van der Waals surface area contributed by atoms with Crippen molar-refractivity contribution < 1.29 is 0 Å². The second kappa shape index (κ2) is 12.7. The molecule has 60 heavy (non-hydrogen) atoms. The minimum atomic E-state index is 0.622. The van der Waals surface area contributed by atoms with Crippen molar-refractivity contribution >= 4 is 70.7 Å². The molecule has 0 aliphatic carbocycles. The van der Waals surface area contributed by atoms with Crippen LogP contribution in [-0.4, -0.2) is 23.9 Å². The van der Waals surface area contributed by atoms with Crippen molar-refractivity contribution in [1.29, 1.82) is 0 Å². The number of aromatic nitrogens is 5. The lowest BCUT2D eigenvalue weighted by Crippen LogP contribution is -2.01. The molecule has 0 N–H and O–H groups in total. The Morgan fingerprint density at radius 2 is 0.867 bits per heavy atom. The van der Waals surface area contributed by atoms with Gasteiger partial charge in [-0.25, -0.2) is 15.0 Å². The molecule has 0 fully saturated rings. The third-order valence-electron chi connectivity index (χ3n) is 12.3. The fourth-order valence-corrected chi connectivity index (χ4v) is 9.56. The van der Waals surface area contributed by atoms with Crippen LogP contribution in [0.1, 0.15) is 0 Å². The first-order valence-corrected chi connectivity index (χ1v) is 20.4. The summed E-state index contributed by atoms with van der Waals surface area (Å²) in [6.45, 7) is 0. The smallest absolute Gasteiger partial charge is 0.164 e. The SMILES string of the molecule is c1ccc(-c2ccc(-c3nc(-c4ccccc4)nc(-c4cccc(-n5c6cc7c(cc6c6c8ccccc8ccc65)c5cccc6c8ccccc8n7c65)c4)n3)cc2)cc1. The summed E-state index contributed by atoms with van der Waals surface area (Å²) in [5.74, 6) is 1.89. The fourth-order valence-electron chi connectivity index (χ4n) is 9.56. The normalized spacial score (nSPS) is 12.0. The fraction of sp³-hybridized carbons (Fsp3) is 0. The Morgan fingerprint density at radius 3 is 1.65 bits per heavy atom. The van der Waals surface area contributed by atoms with Crippen LogP contribution in [0.4, 0.5) is 0 Å². The van der Waals surface area contributed by atoms with Crippen LogP contribution in [0.3, 0.4) is 0 Å². The van der Waals surface area contributed by atoms with Gasteiger partial charge in [-0.1, -0.05) is 164 Å². The minimum absolute atomic E-state index is 0.622. The van der Waals surface area contributed by atoms with Gasteiger partial charge in [0.05, 0.1) is 27.6 Å². The van der Waals surface area contributed by atoms with Crippen molar-refractivity contribution in [2.75, 3.05) is 0 Å². The monoisotopic (exact) mass is 763 g/mol. The van der Waals surface area contributed by atoms with Gasteiger partial charge in [0, 0.05) is 54.7 Å². The Kier molecular flexibility index (Phi) is 6.95. The van der Waals surface area contributed by atoms with E-state index in [0.717, 1.165) is 39.0 Å². The van der Waals surface area contributed by atoms with Crippen molar-refractivity contribution in [2.24, 2.45) is 0 Å². The predicted octanol–water partition coefficient (Wildman–Crippen LogP) is 13.9. The van der Waals surface area contributed by atoms with Crippen LogP contribution in [-0.2, 0) is 0 Å². The zero-order valence-electron chi connectivity index (χ0n) is 32.3. The first-order valence-electron chi connectivity index (χ1n) is 20.4. The van der Waals surface area contributed by atoms with Gasteiger partial charge >= 0.3 is 0 Å². The summed E-state index contributed by atoms with van der Waals surface area (Å²) < 4.78 is 4.89. The first-order chi connectivity index (χ1) is 29.7. The molecule has 0 atom stereocenters. The maximum absolute atomic E-state index is 5.17. The van der Waals surface area contributed by atoms with Crippen LogP contribution in [0, 0.1) is 0 Å². The molecule has 5 heteroatoms. The molecule has 0 amide bonds. The Balaban J connectivity index is 1.05. The van der Waals surface area contributed by atoms with Crippen LogP contribution in [0.2, 0.25) is 0 Å². The molecule has 0 saturated carbocycles. The molecule has 0 aliphatic heterocycles. The van der Waals surface area contributed by atoms with Gasteiger partial charge in [0.15, 0.2) is 17.5 Å². The van der Waals surface area contributed by atoms with E-state index in [-0.39, 0.29) is 0 Å². The van der Waals surface area contributed by atoms with Crippen LogP contribution in [0.15, 0.2) is 200 Å². The lowest BCUT2D eigenvalue weighted by atomic mass is 10.0. The molecule has 0 spiro atoms. The Morgan fingerprint density at radius 1 is 0.300 bits per heavy atom.